The van der Waals surface area contributed by atoms with Gasteiger partial charge in [0.25, 0.3) is 0 Å². The first-order valence-corrected chi connectivity index (χ1v) is 7.10. The van der Waals surface area contributed by atoms with Crippen LogP contribution in [0.15, 0.2) is 12.1 Å². The molecule has 1 aromatic heterocycles. The van der Waals surface area contributed by atoms with Crippen molar-refractivity contribution in [3.63, 3.8) is 0 Å². The third kappa shape index (κ3) is 3.36. The number of halogens is 3. The summed E-state index contributed by atoms with van der Waals surface area (Å²) >= 11 is 12.0. The van der Waals surface area contributed by atoms with Gasteiger partial charge in [0.05, 0.1) is 15.7 Å². The highest BCUT2D eigenvalue weighted by Gasteiger charge is 2.15. The normalized spacial score (nSPS) is 11.0. The molecule has 3 N–H and O–H groups in total. The Morgan fingerprint density at radius 2 is 1.76 bits per heavy atom. The summed E-state index contributed by atoms with van der Waals surface area (Å²) in [5.41, 5.74) is 6.96. The lowest BCUT2D eigenvalue weighted by atomic mass is 10.2. The Bertz CT molecular complexity index is 666. The topological polar surface area (TPSA) is 63.8 Å². The summed E-state index contributed by atoms with van der Waals surface area (Å²) in [6, 6.07) is 2.36. The first kappa shape index (κ1) is 15.8. The van der Waals surface area contributed by atoms with Gasteiger partial charge in [-0.15, -0.1) is 0 Å². The number of anilines is 3. The Balaban J connectivity index is 2.49. The van der Waals surface area contributed by atoms with Gasteiger partial charge in [0.1, 0.15) is 23.3 Å². The first-order valence-electron chi connectivity index (χ1n) is 6.35. The molecule has 7 heteroatoms. The fraction of sp³-hybridized carbons (Fsp3) is 0.286. The number of aromatic nitrogens is 2. The quantitative estimate of drug-likeness (QED) is 0.858. The standard InChI is InChI=1S/C14H15Cl2FN4/c1-6(2)13-20-12(18)7(3)14(21-13)19-11-9(15)4-8(17)5-10(11)16/h4-6H,1-3H3,(H3,18,19,20,21). The fourth-order valence-electron chi connectivity index (χ4n) is 1.71. The Hall–Kier alpha value is -1.59. The lowest BCUT2D eigenvalue weighted by molar-refractivity contribution is 0.628. The highest BCUT2D eigenvalue weighted by atomic mass is 35.5. The second-order valence-electron chi connectivity index (χ2n) is 4.96. The molecule has 0 aliphatic rings. The van der Waals surface area contributed by atoms with Gasteiger partial charge in [-0.3, -0.25) is 0 Å². The van der Waals surface area contributed by atoms with Gasteiger partial charge in [-0.05, 0) is 19.1 Å². The van der Waals surface area contributed by atoms with Crippen LogP contribution in [0, 0.1) is 12.7 Å². The zero-order valence-electron chi connectivity index (χ0n) is 11.8. The van der Waals surface area contributed by atoms with Crippen LogP contribution in [0.25, 0.3) is 0 Å². The number of nitrogen functional groups attached to an aromatic ring is 1. The fourth-order valence-corrected chi connectivity index (χ4v) is 2.27. The van der Waals surface area contributed by atoms with Gasteiger partial charge in [-0.25, -0.2) is 14.4 Å². The van der Waals surface area contributed by atoms with Crippen molar-refractivity contribution in [2.75, 3.05) is 11.1 Å². The molecule has 2 rings (SSSR count). The zero-order valence-corrected chi connectivity index (χ0v) is 13.3. The lowest BCUT2D eigenvalue weighted by Gasteiger charge is -2.15. The minimum absolute atomic E-state index is 0.118. The molecular formula is C14H15Cl2FN4. The van der Waals surface area contributed by atoms with Crippen LogP contribution in [0.3, 0.4) is 0 Å². The van der Waals surface area contributed by atoms with E-state index in [1.807, 2.05) is 13.8 Å². The molecule has 21 heavy (non-hydrogen) atoms. The van der Waals surface area contributed by atoms with Crippen molar-refractivity contribution < 1.29 is 4.39 Å². The summed E-state index contributed by atoms with van der Waals surface area (Å²) in [5, 5.41) is 3.35. The van der Waals surface area contributed by atoms with Crippen LogP contribution in [0.1, 0.15) is 31.2 Å². The molecule has 0 radical (unpaired) electrons. The van der Waals surface area contributed by atoms with Crippen molar-refractivity contribution in [2.24, 2.45) is 0 Å². The minimum atomic E-state index is -0.502. The van der Waals surface area contributed by atoms with Crippen LogP contribution in [0.5, 0.6) is 0 Å². The molecule has 0 saturated carbocycles. The summed E-state index contributed by atoms with van der Waals surface area (Å²) in [6.07, 6.45) is 0. The summed E-state index contributed by atoms with van der Waals surface area (Å²) in [7, 11) is 0. The second kappa shape index (κ2) is 6.03. The van der Waals surface area contributed by atoms with Crippen molar-refractivity contribution in [3.8, 4) is 0 Å². The maximum atomic E-state index is 13.2. The van der Waals surface area contributed by atoms with Gasteiger partial charge >= 0.3 is 0 Å². The minimum Gasteiger partial charge on any atom is -0.383 e. The van der Waals surface area contributed by atoms with E-state index in [-0.39, 0.29) is 16.0 Å². The Labute approximate surface area is 132 Å². The van der Waals surface area contributed by atoms with Gasteiger partial charge in [0.15, 0.2) is 0 Å². The van der Waals surface area contributed by atoms with Crippen LogP contribution in [-0.4, -0.2) is 9.97 Å². The Morgan fingerprint density at radius 3 is 2.29 bits per heavy atom. The molecule has 0 unspecified atom stereocenters. The molecule has 1 aromatic carbocycles. The summed E-state index contributed by atoms with van der Waals surface area (Å²) in [5.74, 6) is 1.10. The van der Waals surface area contributed by atoms with Crippen molar-refractivity contribution in [2.45, 2.75) is 26.7 Å². The number of hydrogen-bond donors (Lipinski definition) is 2. The molecule has 2 aromatic rings. The van der Waals surface area contributed by atoms with E-state index in [4.69, 9.17) is 28.9 Å². The molecule has 4 nitrogen and oxygen atoms in total. The van der Waals surface area contributed by atoms with Gasteiger partial charge in [0.2, 0.25) is 0 Å². The van der Waals surface area contributed by atoms with Gasteiger partial charge in [-0.2, -0.15) is 0 Å². The SMILES string of the molecule is Cc1c(N)nc(C(C)C)nc1Nc1c(Cl)cc(F)cc1Cl. The average Bonchev–Trinajstić information content (AvgIpc) is 2.37. The molecule has 112 valence electrons. The summed E-state index contributed by atoms with van der Waals surface area (Å²) in [4.78, 5) is 8.65. The molecule has 0 amide bonds. The van der Waals surface area contributed by atoms with Crippen LogP contribution < -0.4 is 11.1 Å². The van der Waals surface area contributed by atoms with E-state index >= 15 is 0 Å². The Kier molecular flexibility index (Phi) is 4.54. The second-order valence-corrected chi connectivity index (χ2v) is 5.78. The van der Waals surface area contributed by atoms with E-state index < -0.39 is 5.82 Å². The van der Waals surface area contributed by atoms with E-state index in [9.17, 15) is 4.39 Å². The average molecular weight is 329 g/mol. The van der Waals surface area contributed by atoms with E-state index in [2.05, 4.69) is 15.3 Å². The predicted molar refractivity (Wildman–Crippen MR) is 85.0 cm³/mol. The third-order valence-electron chi connectivity index (χ3n) is 2.97. The molecular weight excluding hydrogens is 314 g/mol. The van der Waals surface area contributed by atoms with Crippen LogP contribution in [-0.2, 0) is 0 Å². The largest absolute Gasteiger partial charge is 0.383 e. The summed E-state index contributed by atoms with van der Waals surface area (Å²) in [6.45, 7) is 5.71. The highest BCUT2D eigenvalue weighted by molar-refractivity contribution is 6.39. The van der Waals surface area contributed by atoms with Crippen molar-refractivity contribution in [1.29, 1.82) is 0 Å². The molecule has 0 saturated heterocycles. The first-order chi connectivity index (χ1) is 9.79. The molecule has 0 aliphatic carbocycles. The van der Waals surface area contributed by atoms with E-state index in [1.54, 1.807) is 6.92 Å². The van der Waals surface area contributed by atoms with Crippen LogP contribution in [0.2, 0.25) is 10.0 Å². The number of hydrogen-bond acceptors (Lipinski definition) is 4. The number of nitrogens with one attached hydrogen (secondary N) is 1. The summed E-state index contributed by atoms with van der Waals surface area (Å²) < 4.78 is 13.2. The maximum Gasteiger partial charge on any atom is 0.139 e. The molecule has 0 bridgehead atoms. The molecule has 0 fully saturated rings. The Morgan fingerprint density at radius 1 is 1.19 bits per heavy atom. The zero-order chi connectivity index (χ0) is 15.7. The van der Waals surface area contributed by atoms with Crippen molar-refractivity contribution >= 4 is 40.5 Å². The monoisotopic (exact) mass is 328 g/mol. The van der Waals surface area contributed by atoms with Crippen LogP contribution in [0.4, 0.5) is 21.7 Å². The van der Waals surface area contributed by atoms with Crippen LogP contribution >= 0.6 is 23.2 Å². The third-order valence-corrected chi connectivity index (χ3v) is 3.56. The van der Waals surface area contributed by atoms with Gasteiger partial charge in [-0.1, -0.05) is 37.0 Å². The smallest absolute Gasteiger partial charge is 0.139 e. The van der Waals surface area contributed by atoms with Crippen molar-refractivity contribution in [1.82, 2.24) is 9.97 Å². The van der Waals surface area contributed by atoms with Crippen molar-refractivity contribution in [3.05, 3.63) is 39.4 Å². The number of nitrogens with zero attached hydrogens (tertiary/aromatic N) is 2. The van der Waals surface area contributed by atoms with E-state index in [1.165, 1.54) is 12.1 Å². The number of benzene rings is 1. The number of nitrogens with two attached hydrogens (primary N) is 1. The molecule has 0 atom stereocenters. The molecule has 0 aliphatic heterocycles. The van der Waals surface area contributed by atoms with Gasteiger partial charge in [0, 0.05) is 11.5 Å². The van der Waals surface area contributed by atoms with E-state index in [0.717, 1.165) is 0 Å². The van der Waals surface area contributed by atoms with E-state index in [0.29, 0.717) is 28.7 Å². The lowest BCUT2D eigenvalue weighted by Crippen LogP contribution is -2.08. The maximum absolute atomic E-state index is 13.2. The molecule has 1 heterocycles. The highest BCUT2D eigenvalue weighted by Crippen LogP contribution is 2.34. The predicted octanol–water partition coefficient (Wildman–Crippen LogP) is 4.68. The molecule has 0 spiro atoms. The van der Waals surface area contributed by atoms with Gasteiger partial charge < -0.3 is 11.1 Å². The number of rotatable bonds is 3.